The zero-order valence-electron chi connectivity index (χ0n) is 14.9. The molecule has 0 fully saturated rings. The predicted octanol–water partition coefficient (Wildman–Crippen LogP) is 3.13. The van der Waals surface area contributed by atoms with Crippen LogP contribution in [0.25, 0.3) is 22.8 Å². The van der Waals surface area contributed by atoms with E-state index in [0.29, 0.717) is 24.0 Å². The first-order valence-corrected chi connectivity index (χ1v) is 10.0. The molecule has 0 unspecified atom stereocenters. The van der Waals surface area contributed by atoms with Gasteiger partial charge in [0.05, 0.1) is 31.3 Å². The average Bonchev–Trinajstić information content (AvgIpc) is 3.24. The van der Waals surface area contributed by atoms with Gasteiger partial charge in [-0.2, -0.15) is 4.31 Å². The number of hydrogen-bond donors (Lipinski definition) is 1. The van der Waals surface area contributed by atoms with Gasteiger partial charge in [0.1, 0.15) is 11.5 Å². The Morgan fingerprint density at radius 1 is 1.19 bits per heavy atom. The number of aromatic nitrogens is 2. The first-order chi connectivity index (χ1) is 12.4. The number of ether oxygens (including phenoxy) is 1. The number of nitrogens with one attached hydrogen (secondary N) is 1. The van der Waals surface area contributed by atoms with Gasteiger partial charge < -0.3 is 14.1 Å². The van der Waals surface area contributed by atoms with Crippen molar-refractivity contribution in [3.63, 3.8) is 0 Å². The van der Waals surface area contributed by atoms with E-state index in [0.717, 1.165) is 23.3 Å². The monoisotopic (exact) mass is 375 g/mol. The summed E-state index contributed by atoms with van der Waals surface area (Å²) in [5, 5.41) is 0. The summed E-state index contributed by atoms with van der Waals surface area (Å²) in [6.07, 6.45) is 2.89. The summed E-state index contributed by atoms with van der Waals surface area (Å²) >= 11 is 0. The molecular formula is C18H21N3O4S. The second-order valence-electron chi connectivity index (χ2n) is 5.89. The van der Waals surface area contributed by atoms with Crippen molar-refractivity contribution in [3.05, 3.63) is 48.4 Å². The molecular weight excluding hydrogens is 354 g/mol. The fourth-order valence-electron chi connectivity index (χ4n) is 2.42. The molecule has 3 aromatic rings. The van der Waals surface area contributed by atoms with Gasteiger partial charge in [0.15, 0.2) is 11.6 Å². The molecule has 0 saturated heterocycles. The van der Waals surface area contributed by atoms with Crippen LogP contribution in [-0.2, 0) is 16.6 Å². The van der Waals surface area contributed by atoms with Crippen LogP contribution in [0.3, 0.4) is 0 Å². The summed E-state index contributed by atoms with van der Waals surface area (Å²) in [5.74, 6) is 2.51. The predicted molar refractivity (Wildman–Crippen MR) is 99.2 cm³/mol. The van der Waals surface area contributed by atoms with Gasteiger partial charge in [-0.3, -0.25) is 0 Å². The van der Waals surface area contributed by atoms with E-state index in [2.05, 4.69) is 9.97 Å². The summed E-state index contributed by atoms with van der Waals surface area (Å²) < 4.78 is 35.4. The molecule has 138 valence electrons. The third-order valence-electron chi connectivity index (χ3n) is 3.89. The highest BCUT2D eigenvalue weighted by molar-refractivity contribution is 7.88. The Morgan fingerprint density at radius 2 is 1.92 bits per heavy atom. The molecule has 0 amide bonds. The molecule has 7 nitrogen and oxygen atoms in total. The van der Waals surface area contributed by atoms with E-state index in [1.807, 2.05) is 31.2 Å². The van der Waals surface area contributed by atoms with Crippen LogP contribution < -0.4 is 4.74 Å². The number of rotatable bonds is 7. The van der Waals surface area contributed by atoms with E-state index in [1.165, 1.54) is 11.4 Å². The quantitative estimate of drug-likeness (QED) is 0.685. The van der Waals surface area contributed by atoms with Crippen molar-refractivity contribution in [2.75, 3.05) is 19.9 Å². The first-order valence-electron chi connectivity index (χ1n) is 8.15. The minimum absolute atomic E-state index is 0.172. The maximum absolute atomic E-state index is 11.5. The highest BCUT2D eigenvalue weighted by Gasteiger charge is 2.15. The molecule has 2 aromatic heterocycles. The Morgan fingerprint density at radius 3 is 2.58 bits per heavy atom. The average molecular weight is 375 g/mol. The molecule has 1 aromatic carbocycles. The van der Waals surface area contributed by atoms with E-state index in [-0.39, 0.29) is 6.54 Å². The first kappa shape index (κ1) is 18.2. The van der Waals surface area contributed by atoms with Crippen LogP contribution in [-0.4, -0.2) is 42.6 Å². The molecule has 0 bridgehead atoms. The molecule has 1 N–H and O–H groups in total. The Hall–Kier alpha value is -2.58. The molecule has 0 saturated carbocycles. The molecule has 0 aliphatic heterocycles. The SMILES string of the molecule is CCOc1ccc(-c2cnc(-c3ccc(CN(C)S(C)(=O)=O)o3)[nH]2)cc1. The summed E-state index contributed by atoms with van der Waals surface area (Å²) in [7, 11) is -1.75. The van der Waals surface area contributed by atoms with Crippen LogP contribution in [0.5, 0.6) is 5.75 Å². The molecule has 0 spiro atoms. The lowest BCUT2D eigenvalue weighted by Gasteiger charge is -2.11. The second kappa shape index (κ2) is 7.35. The highest BCUT2D eigenvalue weighted by atomic mass is 32.2. The molecule has 8 heteroatoms. The van der Waals surface area contributed by atoms with Crippen molar-refractivity contribution in [3.8, 4) is 28.6 Å². The second-order valence-corrected chi connectivity index (χ2v) is 7.98. The summed E-state index contributed by atoms with van der Waals surface area (Å²) in [6, 6.07) is 11.2. The third kappa shape index (κ3) is 4.14. The van der Waals surface area contributed by atoms with Crippen LogP contribution in [0.2, 0.25) is 0 Å². The molecule has 0 radical (unpaired) electrons. The van der Waals surface area contributed by atoms with Gasteiger partial charge >= 0.3 is 0 Å². The highest BCUT2D eigenvalue weighted by Crippen LogP contribution is 2.25. The van der Waals surface area contributed by atoms with Crippen molar-refractivity contribution >= 4 is 10.0 Å². The lowest BCUT2D eigenvalue weighted by atomic mass is 10.2. The summed E-state index contributed by atoms with van der Waals surface area (Å²) in [6.45, 7) is 2.74. The van der Waals surface area contributed by atoms with E-state index in [1.54, 1.807) is 18.3 Å². The van der Waals surface area contributed by atoms with Crippen molar-refractivity contribution < 1.29 is 17.6 Å². The van der Waals surface area contributed by atoms with Crippen LogP contribution >= 0.6 is 0 Å². The largest absolute Gasteiger partial charge is 0.494 e. The Kier molecular flexibility index (Phi) is 5.15. The number of aromatic amines is 1. The molecule has 0 atom stereocenters. The number of nitrogens with zero attached hydrogens (tertiary/aromatic N) is 2. The van der Waals surface area contributed by atoms with E-state index in [4.69, 9.17) is 9.15 Å². The minimum Gasteiger partial charge on any atom is -0.494 e. The van der Waals surface area contributed by atoms with Gasteiger partial charge in [0.25, 0.3) is 0 Å². The number of furan rings is 1. The lowest BCUT2D eigenvalue weighted by Crippen LogP contribution is -2.24. The van der Waals surface area contributed by atoms with Gasteiger partial charge in [-0.1, -0.05) is 0 Å². The molecule has 2 heterocycles. The van der Waals surface area contributed by atoms with Crippen molar-refractivity contribution in [1.29, 1.82) is 0 Å². The molecule has 26 heavy (non-hydrogen) atoms. The number of hydrogen-bond acceptors (Lipinski definition) is 5. The fourth-order valence-corrected chi connectivity index (χ4v) is 2.78. The standard InChI is InChI=1S/C18H21N3O4S/c1-4-24-14-7-5-13(6-8-14)16-11-19-18(20-16)17-10-9-15(25-17)12-21(2)26(3,22)23/h5-11H,4,12H2,1-3H3,(H,19,20). The summed E-state index contributed by atoms with van der Waals surface area (Å²) in [4.78, 5) is 7.57. The number of sulfonamides is 1. The van der Waals surface area contributed by atoms with E-state index >= 15 is 0 Å². The molecule has 3 rings (SSSR count). The number of benzene rings is 1. The summed E-state index contributed by atoms with van der Waals surface area (Å²) in [5.41, 5.74) is 1.84. The minimum atomic E-state index is -3.26. The van der Waals surface area contributed by atoms with Crippen molar-refractivity contribution in [2.24, 2.45) is 0 Å². The normalized spacial score (nSPS) is 11.8. The topological polar surface area (TPSA) is 88.4 Å². The number of H-pyrrole nitrogens is 1. The zero-order valence-corrected chi connectivity index (χ0v) is 15.7. The van der Waals surface area contributed by atoms with Gasteiger partial charge in [-0.05, 0) is 48.9 Å². The molecule has 0 aliphatic rings. The zero-order chi connectivity index (χ0) is 18.7. The third-order valence-corrected chi connectivity index (χ3v) is 5.15. The van der Waals surface area contributed by atoms with Gasteiger partial charge in [0.2, 0.25) is 10.0 Å². The van der Waals surface area contributed by atoms with Crippen LogP contribution in [0.4, 0.5) is 0 Å². The van der Waals surface area contributed by atoms with Crippen LogP contribution in [0, 0.1) is 0 Å². The maximum Gasteiger partial charge on any atom is 0.211 e. The van der Waals surface area contributed by atoms with Gasteiger partial charge in [0, 0.05) is 7.05 Å². The Balaban J connectivity index is 1.76. The lowest BCUT2D eigenvalue weighted by molar-refractivity contribution is 0.340. The van der Waals surface area contributed by atoms with Crippen LogP contribution in [0.15, 0.2) is 47.0 Å². The smallest absolute Gasteiger partial charge is 0.211 e. The van der Waals surface area contributed by atoms with E-state index < -0.39 is 10.0 Å². The van der Waals surface area contributed by atoms with Crippen LogP contribution in [0.1, 0.15) is 12.7 Å². The molecule has 0 aliphatic carbocycles. The Bertz CT molecular complexity index is 974. The number of imidazole rings is 1. The van der Waals surface area contributed by atoms with Gasteiger partial charge in [-0.15, -0.1) is 0 Å². The maximum atomic E-state index is 11.5. The fraction of sp³-hybridized carbons (Fsp3) is 0.278. The van der Waals surface area contributed by atoms with Crippen molar-refractivity contribution in [2.45, 2.75) is 13.5 Å². The van der Waals surface area contributed by atoms with Crippen molar-refractivity contribution in [1.82, 2.24) is 14.3 Å². The Labute approximate surface area is 152 Å². The van der Waals surface area contributed by atoms with Gasteiger partial charge in [-0.25, -0.2) is 13.4 Å². The van der Waals surface area contributed by atoms with E-state index in [9.17, 15) is 8.42 Å².